The second-order valence-electron chi connectivity index (χ2n) is 5.25. The van der Waals surface area contributed by atoms with E-state index < -0.39 is 0 Å². The lowest BCUT2D eigenvalue weighted by molar-refractivity contribution is -0.117. The molecule has 3 rings (SSSR count). The SMILES string of the molecule is NC(=O)CCc1ccccc1-c1c(Cl)ccc2nc(Cl)ccc12. The zero-order chi connectivity index (χ0) is 16.4. The van der Waals surface area contributed by atoms with Crippen molar-refractivity contribution in [1.82, 2.24) is 4.98 Å². The first-order valence-corrected chi connectivity index (χ1v) is 7.93. The summed E-state index contributed by atoms with van der Waals surface area (Å²) in [5.41, 5.74) is 8.96. The lowest BCUT2D eigenvalue weighted by Gasteiger charge is -2.13. The number of hydrogen-bond acceptors (Lipinski definition) is 2. The molecule has 1 aromatic heterocycles. The van der Waals surface area contributed by atoms with Crippen molar-refractivity contribution in [2.45, 2.75) is 12.8 Å². The lowest BCUT2D eigenvalue weighted by Crippen LogP contribution is -2.11. The van der Waals surface area contributed by atoms with E-state index in [1.165, 1.54) is 0 Å². The number of primary amides is 1. The van der Waals surface area contributed by atoms with Gasteiger partial charge < -0.3 is 5.73 Å². The van der Waals surface area contributed by atoms with Crippen LogP contribution in [0.5, 0.6) is 0 Å². The molecule has 116 valence electrons. The molecule has 0 atom stereocenters. The Kier molecular flexibility index (Phi) is 4.51. The molecule has 0 saturated heterocycles. The van der Waals surface area contributed by atoms with Crippen LogP contribution in [-0.2, 0) is 11.2 Å². The fourth-order valence-electron chi connectivity index (χ4n) is 2.67. The number of aryl methyl sites for hydroxylation is 1. The first-order chi connectivity index (χ1) is 11.1. The Labute approximate surface area is 144 Å². The van der Waals surface area contributed by atoms with Crippen molar-refractivity contribution in [2.75, 3.05) is 0 Å². The van der Waals surface area contributed by atoms with E-state index in [1.807, 2.05) is 42.5 Å². The molecule has 3 nitrogen and oxygen atoms in total. The number of amides is 1. The van der Waals surface area contributed by atoms with Gasteiger partial charge in [0.1, 0.15) is 5.15 Å². The molecule has 2 N–H and O–H groups in total. The number of aromatic nitrogens is 1. The molecule has 0 radical (unpaired) electrons. The van der Waals surface area contributed by atoms with Crippen molar-refractivity contribution in [3.8, 4) is 11.1 Å². The topological polar surface area (TPSA) is 56.0 Å². The number of benzene rings is 2. The molecule has 0 fully saturated rings. The Bertz CT molecular complexity index is 893. The zero-order valence-electron chi connectivity index (χ0n) is 12.2. The molecule has 1 amide bonds. The first-order valence-electron chi connectivity index (χ1n) is 7.17. The molecule has 23 heavy (non-hydrogen) atoms. The Hall–Kier alpha value is -2.10. The maximum atomic E-state index is 11.1. The van der Waals surface area contributed by atoms with Crippen molar-refractivity contribution in [3.05, 3.63) is 64.3 Å². The van der Waals surface area contributed by atoms with Gasteiger partial charge in [-0.15, -0.1) is 0 Å². The van der Waals surface area contributed by atoms with Crippen LogP contribution in [0.1, 0.15) is 12.0 Å². The molecular formula is C18H14Cl2N2O. The van der Waals surface area contributed by atoms with Crippen molar-refractivity contribution < 1.29 is 4.79 Å². The highest BCUT2D eigenvalue weighted by Gasteiger charge is 2.13. The summed E-state index contributed by atoms with van der Waals surface area (Å²) >= 11 is 12.4. The number of fused-ring (bicyclic) bond motifs is 1. The maximum Gasteiger partial charge on any atom is 0.217 e. The Morgan fingerprint density at radius 2 is 1.83 bits per heavy atom. The maximum absolute atomic E-state index is 11.1. The molecular weight excluding hydrogens is 331 g/mol. The van der Waals surface area contributed by atoms with E-state index in [0.29, 0.717) is 23.0 Å². The minimum Gasteiger partial charge on any atom is -0.370 e. The third-order valence-corrected chi connectivity index (χ3v) is 4.24. The minimum atomic E-state index is -0.322. The third kappa shape index (κ3) is 3.31. The lowest BCUT2D eigenvalue weighted by atomic mass is 9.94. The molecule has 3 aromatic rings. The summed E-state index contributed by atoms with van der Waals surface area (Å²) in [6, 6.07) is 15.2. The van der Waals surface area contributed by atoms with E-state index >= 15 is 0 Å². The average molecular weight is 345 g/mol. The van der Waals surface area contributed by atoms with Crippen LogP contribution >= 0.6 is 23.2 Å². The van der Waals surface area contributed by atoms with Crippen LogP contribution in [0, 0.1) is 0 Å². The van der Waals surface area contributed by atoms with Gasteiger partial charge in [-0.1, -0.05) is 47.5 Å². The van der Waals surface area contributed by atoms with E-state index in [-0.39, 0.29) is 5.91 Å². The summed E-state index contributed by atoms with van der Waals surface area (Å²) in [6.45, 7) is 0. The summed E-state index contributed by atoms with van der Waals surface area (Å²) < 4.78 is 0. The van der Waals surface area contributed by atoms with Gasteiger partial charge in [0.05, 0.1) is 5.52 Å². The predicted octanol–water partition coefficient (Wildman–Crippen LogP) is 4.63. The van der Waals surface area contributed by atoms with Gasteiger partial charge in [-0.25, -0.2) is 4.98 Å². The second-order valence-corrected chi connectivity index (χ2v) is 6.04. The van der Waals surface area contributed by atoms with Gasteiger partial charge in [-0.05, 0) is 41.8 Å². The smallest absolute Gasteiger partial charge is 0.217 e. The Balaban J connectivity index is 2.21. The minimum absolute atomic E-state index is 0.295. The first kappa shape index (κ1) is 15.8. The summed E-state index contributed by atoms with van der Waals surface area (Å²) in [7, 11) is 0. The molecule has 2 aromatic carbocycles. The molecule has 0 aliphatic heterocycles. The molecule has 0 bridgehead atoms. The summed E-state index contributed by atoms with van der Waals surface area (Å²) in [5.74, 6) is -0.322. The number of nitrogens with zero attached hydrogens (tertiary/aromatic N) is 1. The van der Waals surface area contributed by atoms with E-state index in [4.69, 9.17) is 28.9 Å². The quantitative estimate of drug-likeness (QED) is 0.701. The highest BCUT2D eigenvalue weighted by Crippen LogP contribution is 2.37. The highest BCUT2D eigenvalue weighted by atomic mass is 35.5. The molecule has 1 heterocycles. The van der Waals surface area contributed by atoms with E-state index in [1.54, 1.807) is 6.07 Å². The second kappa shape index (κ2) is 6.57. The van der Waals surface area contributed by atoms with Crippen LogP contribution in [0.3, 0.4) is 0 Å². The van der Waals surface area contributed by atoms with Crippen LogP contribution in [0.4, 0.5) is 0 Å². The molecule has 0 unspecified atom stereocenters. The highest BCUT2D eigenvalue weighted by molar-refractivity contribution is 6.35. The summed E-state index contributed by atoms with van der Waals surface area (Å²) in [5, 5.41) is 1.99. The number of carbonyl (C=O) groups excluding carboxylic acids is 1. The number of carbonyl (C=O) groups is 1. The molecule has 0 saturated carbocycles. The van der Waals surface area contributed by atoms with Crippen molar-refractivity contribution >= 4 is 40.0 Å². The normalized spacial score (nSPS) is 10.9. The Morgan fingerprint density at radius 3 is 2.61 bits per heavy atom. The molecule has 5 heteroatoms. The van der Waals surface area contributed by atoms with Crippen LogP contribution in [0.15, 0.2) is 48.5 Å². The largest absolute Gasteiger partial charge is 0.370 e. The number of hydrogen-bond donors (Lipinski definition) is 1. The number of rotatable bonds is 4. The van der Waals surface area contributed by atoms with Crippen LogP contribution in [0.25, 0.3) is 22.0 Å². The van der Waals surface area contributed by atoms with E-state index in [0.717, 1.165) is 27.6 Å². The van der Waals surface area contributed by atoms with Crippen molar-refractivity contribution in [2.24, 2.45) is 5.73 Å². The number of nitrogens with two attached hydrogens (primary N) is 1. The fraction of sp³-hybridized carbons (Fsp3) is 0.111. The van der Waals surface area contributed by atoms with Gasteiger partial charge in [-0.2, -0.15) is 0 Å². The van der Waals surface area contributed by atoms with Gasteiger partial charge in [0.15, 0.2) is 0 Å². The molecule has 0 aliphatic carbocycles. The Morgan fingerprint density at radius 1 is 1.04 bits per heavy atom. The monoisotopic (exact) mass is 344 g/mol. The van der Waals surface area contributed by atoms with Gasteiger partial charge in [0, 0.05) is 22.4 Å². The molecule has 0 aliphatic rings. The van der Waals surface area contributed by atoms with Crippen LogP contribution in [-0.4, -0.2) is 10.9 Å². The van der Waals surface area contributed by atoms with Gasteiger partial charge >= 0.3 is 0 Å². The fourth-order valence-corrected chi connectivity index (χ4v) is 3.09. The van der Waals surface area contributed by atoms with Crippen molar-refractivity contribution in [3.63, 3.8) is 0 Å². The van der Waals surface area contributed by atoms with E-state index in [2.05, 4.69) is 4.98 Å². The van der Waals surface area contributed by atoms with E-state index in [9.17, 15) is 4.79 Å². The summed E-state index contributed by atoms with van der Waals surface area (Å²) in [4.78, 5) is 15.4. The number of pyridine rings is 1. The average Bonchev–Trinajstić information content (AvgIpc) is 2.53. The number of halogens is 2. The molecule has 0 spiro atoms. The standard InChI is InChI=1S/C18H14Cl2N2O/c19-14-7-8-15-13(6-9-16(20)22-15)18(14)12-4-2-1-3-11(12)5-10-17(21)23/h1-4,6-9H,5,10H2,(H2,21,23). The van der Waals surface area contributed by atoms with Gasteiger partial charge in [0.2, 0.25) is 5.91 Å². The van der Waals surface area contributed by atoms with Gasteiger partial charge in [-0.3, -0.25) is 4.79 Å². The van der Waals surface area contributed by atoms with Crippen LogP contribution in [0.2, 0.25) is 10.2 Å². The third-order valence-electron chi connectivity index (χ3n) is 3.71. The zero-order valence-corrected chi connectivity index (χ0v) is 13.7. The summed E-state index contributed by atoms with van der Waals surface area (Å²) in [6.07, 6.45) is 0.864. The van der Waals surface area contributed by atoms with Crippen LogP contribution < -0.4 is 5.73 Å². The van der Waals surface area contributed by atoms with Crippen molar-refractivity contribution in [1.29, 1.82) is 0 Å². The predicted molar refractivity (Wildman–Crippen MR) is 94.7 cm³/mol. The van der Waals surface area contributed by atoms with Gasteiger partial charge in [0.25, 0.3) is 0 Å².